The number of aromatic nitrogens is 1. The first-order valence-corrected chi connectivity index (χ1v) is 11.2. The van der Waals surface area contributed by atoms with Gasteiger partial charge in [-0.05, 0) is 31.5 Å². The van der Waals surface area contributed by atoms with Crippen molar-refractivity contribution in [3.05, 3.63) is 70.2 Å². The van der Waals surface area contributed by atoms with Crippen LogP contribution in [0.1, 0.15) is 27.2 Å². The number of carbonyl (C=O) groups is 1. The predicted molar refractivity (Wildman–Crippen MR) is 113 cm³/mol. The minimum absolute atomic E-state index is 0.0191. The van der Waals surface area contributed by atoms with Crippen LogP contribution >= 0.6 is 11.3 Å². The van der Waals surface area contributed by atoms with Crippen LogP contribution in [0.25, 0.3) is 10.6 Å². The van der Waals surface area contributed by atoms with Gasteiger partial charge in [-0.15, -0.1) is 11.3 Å². The summed E-state index contributed by atoms with van der Waals surface area (Å²) >= 11 is 1.48. The number of thiazole rings is 1. The Labute approximate surface area is 174 Å². The SMILES string of the molecule is Cc1ccc(-c2nc(COC(=O)c3cc(S(=O)(=O)N(C)C)ccc3C)cs2)cc1. The summed E-state index contributed by atoms with van der Waals surface area (Å²) in [6, 6.07) is 12.5. The highest BCUT2D eigenvalue weighted by Gasteiger charge is 2.21. The van der Waals surface area contributed by atoms with Gasteiger partial charge in [0.15, 0.2) is 0 Å². The lowest BCUT2D eigenvalue weighted by atomic mass is 10.1. The Morgan fingerprint density at radius 3 is 2.45 bits per heavy atom. The van der Waals surface area contributed by atoms with Crippen LogP contribution in [0.3, 0.4) is 0 Å². The third-order valence-corrected chi connectivity index (χ3v) is 7.16. The van der Waals surface area contributed by atoms with Gasteiger partial charge in [-0.1, -0.05) is 35.9 Å². The molecule has 6 nitrogen and oxygen atoms in total. The smallest absolute Gasteiger partial charge is 0.338 e. The molecular weight excluding hydrogens is 408 g/mol. The largest absolute Gasteiger partial charge is 0.456 e. The summed E-state index contributed by atoms with van der Waals surface area (Å²) in [7, 11) is -0.741. The van der Waals surface area contributed by atoms with Crippen molar-refractivity contribution in [2.24, 2.45) is 0 Å². The van der Waals surface area contributed by atoms with E-state index in [4.69, 9.17) is 4.74 Å². The molecule has 0 atom stereocenters. The van der Waals surface area contributed by atoms with E-state index in [1.54, 1.807) is 13.0 Å². The van der Waals surface area contributed by atoms with E-state index in [1.807, 2.05) is 36.6 Å². The van der Waals surface area contributed by atoms with Crippen LogP contribution in [-0.2, 0) is 21.4 Å². The summed E-state index contributed by atoms with van der Waals surface area (Å²) in [5.74, 6) is -0.580. The number of rotatable bonds is 6. The van der Waals surface area contributed by atoms with Crippen molar-refractivity contribution in [2.75, 3.05) is 14.1 Å². The van der Waals surface area contributed by atoms with E-state index in [1.165, 1.54) is 43.1 Å². The van der Waals surface area contributed by atoms with Crippen LogP contribution in [0.5, 0.6) is 0 Å². The monoisotopic (exact) mass is 430 g/mol. The molecule has 0 bridgehead atoms. The molecule has 1 heterocycles. The molecule has 0 fully saturated rings. The standard InChI is InChI=1S/C21H22N2O4S2/c1-14-5-8-16(9-6-14)20-22-17(13-28-20)12-27-21(24)19-11-18(10-7-15(19)2)29(25,26)23(3)4/h5-11,13H,12H2,1-4H3. The summed E-state index contributed by atoms with van der Waals surface area (Å²) in [4.78, 5) is 17.1. The molecule has 8 heteroatoms. The van der Waals surface area contributed by atoms with Gasteiger partial charge in [0.05, 0.1) is 16.2 Å². The van der Waals surface area contributed by atoms with Crippen LogP contribution in [0.4, 0.5) is 0 Å². The number of carbonyl (C=O) groups excluding carboxylic acids is 1. The highest BCUT2D eigenvalue weighted by Crippen LogP contribution is 2.25. The van der Waals surface area contributed by atoms with Gasteiger partial charge in [-0.2, -0.15) is 0 Å². The van der Waals surface area contributed by atoms with E-state index >= 15 is 0 Å². The fraction of sp³-hybridized carbons (Fsp3) is 0.238. The molecule has 0 N–H and O–H groups in total. The second-order valence-electron chi connectivity index (χ2n) is 6.85. The van der Waals surface area contributed by atoms with Gasteiger partial charge in [0.25, 0.3) is 0 Å². The molecule has 0 saturated carbocycles. The number of esters is 1. The van der Waals surface area contributed by atoms with Crippen molar-refractivity contribution in [1.82, 2.24) is 9.29 Å². The molecule has 0 radical (unpaired) electrons. The van der Waals surface area contributed by atoms with E-state index < -0.39 is 16.0 Å². The molecule has 2 aromatic carbocycles. The Kier molecular flexibility index (Phi) is 6.16. The van der Waals surface area contributed by atoms with E-state index in [-0.39, 0.29) is 17.1 Å². The molecule has 0 aliphatic rings. The third kappa shape index (κ3) is 4.72. The molecule has 29 heavy (non-hydrogen) atoms. The van der Waals surface area contributed by atoms with Crippen LogP contribution in [0.2, 0.25) is 0 Å². The van der Waals surface area contributed by atoms with Crippen LogP contribution in [-0.4, -0.2) is 37.8 Å². The summed E-state index contributed by atoms with van der Waals surface area (Å²) < 4.78 is 31.1. The molecule has 152 valence electrons. The number of ether oxygens (including phenoxy) is 1. The fourth-order valence-electron chi connectivity index (χ4n) is 2.61. The maximum Gasteiger partial charge on any atom is 0.338 e. The molecular formula is C21H22N2O4S2. The quantitative estimate of drug-likeness (QED) is 0.552. The fourth-order valence-corrected chi connectivity index (χ4v) is 4.35. The zero-order valence-electron chi connectivity index (χ0n) is 16.7. The van der Waals surface area contributed by atoms with Crippen molar-refractivity contribution in [3.63, 3.8) is 0 Å². The first-order chi connectivity index (χ1) is 13.7. The number of sulfonamides is 1. The normalized spacial score (nSPS) is 11.6. The van der Waals surface area contributed by atoms with Crippen molar-refractivity contribution < 1.29 is 17.9 Å². The van der Waals surface area contributed by atoms with Crippen molar-refractivity contribution in [2.45, 2.75) is 25.3 Å². The molecule has 1 aromatic heterocycles. The van der Waals surface area contributed by atoms with E-state index in [0.29, 0.717) is 11.3 Å². The van der Waals surface area contributed by atoms with Gasteiger partial charge >= 0.3 is 5.97 Å². The maximum absolute atomic E-state index is 12.5. The van der Waals surface area contributed by atoms with Crippen molar-refractivity contribution >= 4 is 27.3 Å². The molecule has 0 spiro atoms. The second kappa shape index (κ2) is 8.44. The highest BCUT2D eigenvalue weighted by atomic mass is 32.2. The van der Waals surface area contributed by atoms with E-state index in [0.717, 1.165) is 14.9 Å². The van der Waals surface area contributed by atoms with Gasteiger partial charge < -0.3 is 4.74 Å². The molecule has 0 aliphatic heterocycles. The number of nitrogens with zero attached hydrogens (tertiary/aromatic N) is 2. The lowest BCUT2D eigenvalue weighted by molar-refractivity contribution is 0.0467. The lowest BCUT2D eigenvalue weighted by Crippen LogP contribution is -2.22. The number of aryl methyl sites for hydroxylation is 2. The predicted octanol–water partition coefficient (Wildman–Crippen LogP) is 4.03. The first kappa shape index (κ1) is 21.2. The van der Waals surface area contributed by atoms with E-state index in [2.05, 4.69) is 4.98 Å². The highest BCUT2D eigenvalue weighted by molar-refractivity contribution is 7.89. The van der Waals surface area contributed by atoms with Crippen LogP contribution in [0, 0.1) is 13.8 Å². The van der Waals surface area contributed by atoms with Gasteiger partial charge in [0.2, 0.25) is 10.0 Å². The number of hydrogen-bond donors (Lipinski definition) is 0. The minimum atomic E-state index is -3.63. The zero-order valence-corrected chi connectivity index (χ0v) is 18.3. The zero-order chi connectivity index (χ0) is 21.2. The second-order valence-corrected chi connectivity index (χ2v) is 9.86. The average Bonchev–Trinajstić information content (AvgIpc) is 3.15. The number of benzene rings is 2. The Balaban J connectivity index is 1.74. The van der Waals surface area contributed by atoms with Crippen molar-refractivity contribution in [3.8, 4) is 10.6 Å². The molecule has 0 unspecified atom stereocenters. The summed E-state index contributed by atoms with van der Waals surface area (Å²) in [6.07, 6.45) is 0. The molecule has 0 amide bonds. The maximum atomic E-state index is 12.5. The Morgan fingerprint density at radius 2 is 1.79 bits per heavy atom. The van der Waals surface area contributed by atoms with Crippen LogP contribution in [0.15, 0.2) is 52.7 Å². The lowest BCUT2D eigenvalue weighted by Gasteiger charge is -2.13. The average molecular weight is 431 g/mol. The Morgan fingerprint density at radius 1 is 1.10 bits per heavy atom. The number of hydrogen-bond acceptors (Lipinski definition) is 6. The third-order valence-electron chi connectivity index (χ3n) is 4.41. The minimum Gasteiger partial charge on any atom is -0.456 e. The molecule has 3 aromatic rings. The van der Waals surface area contributed by atoms with E-state index in [9.17, 15) is 13.2 Å². The van der Waals surface area contributed by atoms with Crippen LogP contribution < -0.4 is 0 Å². The summed E-state index contributed by atoms with van der Waals surface area (Å²) in [6.45, 7) is 3.78. The van der Waals surface area contributed by atoms with Crippen molar-refractivity contribution in [1.29, 1.82) is 0 Å². The van der Waals surface area contributed by atoms with Gasteiger partial charge in [-0.3, -0.25) is 0 Å². The topological polar surface area (TPSA) is 76.6 Å². The molecule has 3 rings (SSSR count). The Bertz CT molecular complexity index is 1130. The summed E-state index contributed by atoms with van der Waals surface area (Å²) in [5.41, 5.74) is 3.70. The Hall–Kier alpha value is -2.55. The molecule has 0 aliphatic carbocycles. The first-order valence-electron chi connectivity index (χ1n) is 8.90. The van der Waals surface area contributed by atoms with Gasteiger partial charge in [0.1, 0.15) is 11.6 Å². The molecule has 0 saturated heterocycles. The van der Waals surface area contributed by atoms with Gasteiger partial charge in [0, 0.05) is 25.0 Å². The summed E-state index contributed by atoms with van der Waals surface area (Å²) in [5, 5.41) is 2.70. The van der Waals surface area contributed by atoms with Gasteiger partial charge in [-0.25, -0.2) is 22.5 Å².